The number of nitrogens with zero attached hydrogens (tertiary/aromatic N) is 3. The van der Waals surface area contributed by atoms with Crippen LogP contribution in [-0.4, -0.2) is 38.2 Å². The van der Waals surface area contributed by atoms with Crippen LogP contribution in [0.4, 0.5) is 0 Å². The van der Waals surface area contributed by atoms with Crippen LogP contribution in [0.25, 0.3) is 0 Å². The molecule has 6 heteroatoms. The van der Waals surface area contributed by atoms with Crippen LogP contribution in [-0.2, 0) is 18.4 Å². The van der Waals surface area contributed by atoms with Gasteiger partial charge in [-0.25, -0.2) is 4.98 Å². The van der Waals surface area contributed by atoms with Gasteiger partial charge in [0.2, 0.25) is 0 Å². The normalized spacial score (nSPS) is 11.8. The van der Waals surface area contributed by atoms with Crippen molar-refractivity contribution in [3.8, 4) is 0 Å². The Kier molecular flexibility index (Phi) is 5.50. The van der Waals surface area contributed by atoms with Crippen LogP contribution in [0.5, 0.6) is 0 Å². The lowest BCUT2D eigenvalue weighted by Crippen LogP contribution is -2.38. The predicted octanol–water partition coefficient (Wildman–Crippen LogP) is 1.92. The third-order valence-corrected chi connectivity index (χ3v) is 4.22. The van der Waals surface area contributed by atoms with Gasteiger partial charge in [0.25, 0.3) is 0 Å². The highest BCUT2D eigenvalue weighted by Crippen LogP contribution is 2.28. The van der Waals surface area contributed by atoms with Crippen molar-refractivity contribution >= 4 is 15.9 Å². The number of rotatable bonds is 7. The van der Waals surface area contributed by atoms with E-state index in [9.17, 15) is 10.2 Å². The number of hydrogen-bond donors (Lipinski definition) is 2. The largest absolute Gasteiger partial charge is 0.395 e. The molecule has 0 atom stereocenters. The summed E-state index contributed by atoms with van der Waals surface area (Å²) in [6.07, 6.45) is 2.92. The SMILES string of the molecule is CCCn1ncnc1CC(CO)(CO)c1ccc(Br)cc1. The molecule has 0 aliphatic heterocycles. The molecular formula is C15H20BrN3O2. The molecule has 0 saturated heterocycles. The van der Waals surface area contributed by atoms with Crippen LogP contribution in [0.1, 0.15) is 24.7 Å². The van der Waals surface area contributed by atoms with Crippen LogP contribution in [0.2, 0.25) is 0 Å². The Labute approximate surface area is 132 Å². The van der Waals surface area contributed by atoms with Crippen molar-refractivity contribution in [1.82, 2.24) is 14.8 Å². The molecule has 1 aromatic heterocycles. The summed E-state index contributed by atoms with van der Waals surface area (Å²) < 4.78 is 2.80. The summed E-state index contributed by atoms with van der Waals surface area (Å²) in [5, 5.41) is 24.0. The zero-order chi connectivity index (χ0) is 15.3. The van der Waals surface area contributed by atoms with Gasteiger partial charge in [0.15, 0.2) is 0 Å². The summed E-state index contributed by atoms with van der Waals surface area (Å²) in [6, 6.07) is 7.65. The van der Waals surface area contributed by atoms with Gasteiger partial charge in [-0.3, -0.25) is 4.68 Å². The monoisotopic (exact) mass is 353 g/mol. The van der Waals surface area contributed by atoms with Crippen LogP contribution in [0, 0.1) is 0 Å². The lowest BCUT2D eigenvalue weighted by Gasteiger charge is -2.30. The Morgan fingerprint density at radius 3 is 2.43 bits per heavy atom. The van der Waals surface area contributed by atoms with E-state index in [4.69, 9.17) is 0 Å². The zero-order valence-corrected chi connectivity index (χ0v) is 13.6. The topological polar surface area (TPSA) is 71.2 Å². The first kappa shape index (κ1) is 16.1. The Balaban J connectivity index is 2.33. The van der Waals surface area contributed by atoms with Crippen LogP contribution < -0.4 is 0 Å². The minimum atomic E-state index is -0.751. The fourth-order valence-electron chi connectivity index (χ4n) is 2.38. The average molecular weight is 354 g/mol. The third kappa shape index (κ3) is 3.51. The average Bonchev–Trinajstić information content (AvgIpc) is 2.93. The van der Waals surface area contributed by atoms with Gasteiger partial charge < -0.3 is 10.2 Å². The molecule has 1 aromatic carbocycles. The van der Waals surface area contributed by atoms with Gasteiger partial charge in [0.1, 0.15) is 12.2 Å². The van der Waals surface area contributed by atoms with E-state index in [1.807, 2.05) is 28.9 Å². The molecule has 2 aromatic rings. The van der Waals surface area contributed by atoms with Crippen LogP contribution in [0.3, 0.4) is 0 Å². The van der Waals surface area contributed by atoms with Crippen molar-refractivity contribution < 1.29 is 10.2 Å². The third-order valence-electron chi connectivity index (χ3n) is 3.69. The number of aromatic nitrogens is 3. The molecule has 21 heavy (non-hydrogen) atoms. The molecule has 0 saturated carbocycles. The first-order valence-corrected chi connectivity index (χ1v) is 7.79. The van der Waals surface area contributed by atoms with Crippen molar-refractivity contribution in [3.63, 3.8) is 0 Å². The van der Waals surface area contributed by atoms with E-state index in [1.54, 1.807) is 0 Å². The van der Waals surface area contributed by atoms with E-state index in [-0.39, 0.29) is 13.2 Å². The number of aryl methyl sites for hydroxylation is 1. The van der Waals surface area contributed by atoms with Gasteiger partial charge in [-0.15, -0.1) is 0 Å². The Bertz CT molecular complexity index is 565. The van der Waals surface area contributed by atoms with Crippen molar-refractivity contribution in [2.75, 3.05) is 13.2 Å². The summed E-state index contributed by atoms with van der Waals surface area (Å²) >= 11 is 3.40. The molecule has 0 aliphatic rings. The van der Waals surface area contributed by atoms with Crippen molar-refractivity contribution in [1.29, 1.82) is 0 Å². The fraction of sp³-hybridized carbons (Fsp3) is 0.467. The summed E-state index contributed by atoms with van der Waals surface area (Å²) in [6.45, 7) is 2.56. The van der Waals surface area contributed by atoms with Gasteiger partial charge in [0, 0.05) is 22.9 Å². The van der Waals surface area contributed by atoms with E-state index in [0.29, 0.717) is 6.42 Å². The van der Waals surface area contributed by atoms with Gasteiger partial charge in [-0.1, -0.05) is 35.0 Å². The quantitative estimate of drug-likeness (QED) is 0.797. The zero-order valence-electron chi connectivity index (χ0n) is 12.0. The minimum Gasteiger partial charge on any atom is -0.395 e. The van der Waals surface area contributed by atoms with E-state index in [1.165, 1.54) is 6.33 Å². The molecule has 0 fully saturated rings. The maximum atomic E-state index is 9.89. The Morgan fingerprint density at radius 1 is 1.19 bits per heavy atom. The maximum absolute atomic E-state index is 9.89. The molecular weight excluding hydrogens is 334 g/mol. The lowest BCUT2D eigenvalue weighted by atomic mass is 9.78. The van der Waals surface area contributed by atoms with E-state index < -0.39 is 5.41 Å². The number of aliphatic hydroxyl groups is 2. The standard InChI is InChI=1S/C15H20BrN3O2/c1-2-7-19-14(17-11-18-19)8-15(9-20,10-21)12-3-5-13(16)6-4-12/h3-6,11,20-21H,2,7-10H2,1H3. The van der Waals surface area contributed by atoms with Crippen molar-refractivity contribution in [3.05, 3.63) is 46.5 Å². The molecule has 1 heterocycles. The first-order chi connectivity index (χ1) is 10.1. The molecule has 0 unspecified atom stereocenters. The second-order valence-electron chi connectivity index (χ2n) is 5.18. The number of benzene rings is 1. The molecule has 2 N–H and O–H groups in total. The summed E-state index contributed by atoms with van der Waals surface area (Å²) in [7, 11) is 0. The fourth-order valence-corrected chi connectivity index (χ4v) is 2.64. The number of hydrogen-bond acceptors (Lipinski definition) is 4. The van der Waals surface area contributed by atoms with Crippen LogP contribution >= 0.6 is 15.9 Å². The van der Waals surface area contributed by atoms with E-state index >= 15 is 0 Å². The molecule has 0 aliphatic carbocycles. The Hall–Kier alpha value is -1.24. The minimum absolute atomic E-state index is 0.149. The maximum Gasteiger partial charge on any atom is 0.138 e. The second-order valence-corrected chi connectivity index (χ2v) is 6.10. The van der Waals surface area contributed by atoms with Crippen LogP contribution in [0.15, 0.2) is 35.1 Å². The molecule has 2 rings (SSSR count). The van der Waals surface area contributed by atoms with Gasteiger partial charge >= 0.3 is 0 Å². The summed E-state index contributed by atoms with van der Waals surface area (Å²) in [4.78, 5) is 4.28. The highest BCUT2D eigenvalue weighted by molar-refractivity contribution is 9.10. The summed E-state index contributed by atoms with van der Waals surface area (Å²) in [5.74, 6) is 0.780. The molecule has 0 amide bonds. The molecule has 0 radical (unpaired) electrons. The van der Waals surface area contributed by atoms with Gasteiger partial charge in [-0.2, -0.15) is 5.10 Å². The highest BCUT2D eigenvalue weighted by atomic mass is 79.9. The summed E-state index contributed by atoms with van der Waals surface area (Å²) in [5.41, 5.74) is 0.140. The van der Waals surface area contributed by atoms with Crippen molar-refractivity contribution in [2.24, 2.45) is 0 Å². The molecule has 114 valence electrons. The van der Waals surface area contributed by atoms with E-state index in [2.05, 4.69) is 32.9 Å². The molecule has 5 nitrogen and oxygen atoms in total. The van der Waals surface area contributed by atoms with Gasteiger partial charge in [-0.05, 0) is 24.1 Å². The van der Waals surface area contributed by atoms with Crippen molar-refractivity contribution in [2.45, 2.75) is 31.7 Å². The van der Waals surface area contributed by atoms with Gasteiger partial charge in [0.05, 0.1) is 13.2 Å². The molecule has 0 spiro atoms. The first-order valence-electron chi connectivity index (χ1n) is 6.99. The second kappa shape index (κ2) is 7.15. The van der Waals surface area contributed by atoms with E-state index in [0.717, 1.165) is 28.8 Å². The Morgan fingerprint density at radius 2 is 1.86 bits per heavy atom. The number of halogens is 1. The predicted molar refractivity (Wildman–Crippen MR) is 84.0 cm³/mol. The molecule has 0 bridgehead atoms. The highest BCUT2D eigenvalue weighted by Gasteiger charge is 2.33. The smallest absolute Gasteiger partial charge is 0.138 e. The number of aliphatic hydroxyl groups excluding tert-OH is 2. The lowest BCUT2D eigenvalue weighted by molar-refractivity contribution is 0.113.